The van der Waals surface area contributed by atoms with Gasteiger partial charge in [0, 0.05) is 18.0 Å². The molecule has 0 radical (unpaired) electrons. The molecule has 6 nitrogen and oxygen atoms in total. The summed E-state index contributed by atoms with van der Waals surface area (Å²) in [5.41, 5.74) is 5.56. The van der Waals surface area contributed by atoms with Crippen molar-refractivity contribution >= 4 is 5.82 Å². The molecule has 3 rings (SSSR count). The van der Waals surface area contributed by atoms with E-state index in [0.29, 0.717) is 13.0 Å². The zero-order valence-electron chi connectivity index (χ0n) is 11.5. The molecular weight excluding hydrogens is 270 g/mol. The summed E-state index contributed by atoms with van der Waals surface area (Å²) in [4.78, 5) is 15.6. The van der Waals surface area contributed by atoms with Gasteiger partial charge in [-0.05, 0) is 11.6 Å². The molecule has 0 amide bonds. The monoisotopic (exact) mass is 287 g/mol. The van der Waals surface area contributed by atoms with Crippen LogP contribution in [-0.2, 0) is 10.2 Å². The molecule has 2 heterocycles. The topological polar surface area (TPSA) is 90.4 Å². The molecule has 0 bridgehead atoms. The number of rotatable bonds is 3. The minimum Gasteiger partial charge on any atom is -0.395 e. The largest absolute Gasteiger partial charge is 0.395 e. The van der Waals surface area contributed by atoms with Gasteiger partial charge in [-0.15, -0.1) is 0 Å². The second-order valence-electron chi connectivity index (χ2n) is 5.32. The first-order valence-corrected chi connectivity index (χ1v) is 6.77. The molecule has 1 aromatic heterocycles. The highest BCUT2D eigenvalue weighted by molar-refractivity contribution is 5.27. The first-order chi connectivity index (χ1) is 10.1. The first kappa shape index (κ1) is 13.8. The van der Waals surface area contributed by atoms with Gasteiger partial charge in [0.1, 0.15) is 12.0 Å². The fourth-order valence-electron chi connectivity index (χ4n) is 2.73. The van der Waals surface area contributed by atoms with Gasteiger partial charge in [-0.3, -0.25) is 4.57 Å². The number of hydrogen-bond acceptors (Lipinski definition) is 5. The third-order valence-electron chi connectivity index (χ3n) is 3.97. The van der Waals surface area contributed by atoms with Crippen LogP contribution in [0.4, 0.5) is 5.82 Å². The van der Waals surface area contributed by atoms with E-state index in [2.05, 4.69) is 4.98 Å². The van der Waals surface area contributed by atoms with Crippen molar-refractivity contribution in [3.05, 3.63) is 58.6 Å². The van der Waals surface area contributed by atoms with Crippen molar-refractivity contribution in [2.24, 2.45) is 0 Å². The van der Waals surface area contributed by atoms with Crippen LogP contribution in [0.2, 0.25) is 0 Å². The molecule has 1 fully saturated rings. The zero-order valence-corrected chi connectivity index (χ0v) is 11.5. The van der Waals surface area contributed by atoms with Gasteiger partial charge >= 0.3 is 5.69 Å². The summed E-state index contributed by atoms with van der Waals surface area (Å²) in [5.74, 6) is 0.186. The highest BCUT2D eigenvalue weighted by Gasteiger charge is 2.42. The van der Waals surface area contributed by atoms with E-state index in [9.17, 15) is 9.90 Å². The van der Waals surface area contributed by atoms with Gasteiger partial charge in [-0.2, -0.15) is 4.98 Å². The molecule has 1 aromatic carbocycles. The molecule has 2 atom stereocenters. The van der Waals surface area contributed by atoms with E-state index in [-0.39, 0.29) is 12.4 Å². The third kappa shape index (κ3) is 2.43. The Morgan fingerprint density at radius 2 is 2.14 bits per heavy atom. The lowest BCUT2D eigenvalue weighted by molar-refractivity contribution is 0.0468. The molecule has 110 valence electrons. The number of ether oxygens (including phenoxy) is 1. The normalized spacial score (nSPS) is 25.1. The maximum absolute atomic E-state index is 11.9. The molecule has 6 heteroatoms. The summed E-state index contributed by atoms with van der Waals surface area (Å²) < 4.78 is 7.16. The van der Waals surface area contributed by atoms with Gasteiger partial charge < -0.3 is 15.6 Å². The van der Waals surface area contributed by atoms with Crippen molar-refractivity contribution in [3.8, 4) is 0 Å². The Hall–Kier alpha value is -2.18. The number of aliphatic hydroxyl groups excluding tert-OH is 1. The second-order valence-corrected chi connectivity index (χ2v) is 5.32. The van der Waals surface area contributed by atoms with Crippen LogP contribution in [0, 0.1) is 0 Å². The van der Waals surface area contributed by atoms with E-state index in [1.807, 2.05) is 30.3 Å². The second kappa shape index (κ2) is 5.31. The van der Waals surface area contributed by atoms with Crippen LogP contribution in [-0.4, -0.2) is 27.9 Å². The number of nitrogens with two attached hydrogens (primary N) is 1. The Morgan fingerprint density at radius 1 is 1.38 bits per heavy atom. The van der Waals surface area contributed by atoms with Crippen LogP contribution in [0.25, 0.3) is 0 Å². The molecule has 1 aliphatic rings. The Bertz CT molecular complexity index is 686. The van der Waals surface area contributed by atoms with E-state index in [1.165, 1.54) is 4.57 Å². The number of hydrogen-bond donors (Lipinski definition) is 2. The predicted octanol–water partition coefficient (Wildman–Crippen LogP) is 0.675. The van der Waals surface area contributed by atoms with Crippen molar-refractivity contribution in [2.45, 2.75) is 18.1 Å². The number of nitrogen functional groups attached to an aromatic ring is 1. The quantitative estimate of drug-likeness (QED) is 0.866. The molecule has 1 aliphatic heterocycles. The lowest BCUT2D eigenvalue weighted by atomic mass is 9.80. The highest BCUT2D eigenvalue weighted by atomic mass is 16.5. The van der Waals surface area contributed by atoms with E-state index in [4.69, 9.17) is 10.5 Å². The summed E-state index contributed by atoms with van der Waals surface area (Å²) in [6, 6.07) is 11.3. The molecular formula is C15H17N3O3. The number of nitrogens with zero attached hydrogens (tertiary/aromatic N) is 2. The zero-order chi connectivity index (χ0) is 14.9. The summed E-state index contributed by atoms with van der Waals surface area (Å²) >= 11 is 0. The van der Waals surface area contributed by atoms with Crippen LogP contribution in [0.1, 0.15) is 18.2 Å². The molecule has 0 spiro atoms. The van der Waals surface area contributed by atoms with E-state index < -0.39 is 17.3 Å². The van der Waals surface area contributed by atoms with Gasteiger partial charge in [-0.25, -0.2) is 4.79 Å². The van der Waals surface area contributed by atoms with Crippen LogP contribution in [0.5, 0.6) is 0 Å². The van der Waals surface area contributed by atoms with Crippen molar-refractivity contribution in [2.75, 3.05) is 18.9 Å². The highest BCUT2D eigenvalue weighted by Crippen LogP contribution is 2.39. The minimum absolute atomic E-state index is 0.0370. The molecule has 21 heavy (non-hydrogen) atoms. The summed E-state index contributed by atoms with van der Waals surface area (Å²) in [7, 11) is 0. The molecule has 3 N–H and O–H groups in total. The predicted molar refractivity (Wildman–Crippen MR) is 77.7 cm³/mol. The Balaban J connectivity index is 1.92. The van der Waals surface area contributed by atoms with E-state index in [0.717, 1.165) is 5.56 Å². The maximum Gasteiger partial charge on any atom is 0.351 e. The van der Waals surface area contributed by atoms with Gasteiger partial charge in [0.15, 0.2) is 0 Å². The van der Waals surface area contributed by atoms with Crippen LogP contribution < -0.4 is 11.4 Å². The third-order valence-corrected chi connectivity index (χ3v) is 3.97. The van der Waals surface area contributed by atoms with Crippen molar-refractivity contribution in [3.63, 3.8) is 0 Å². The Morgan fingerprint density at radius 3 is 2.81 bits per heavy atom. The van der Waals surface area contributed by atoms with Crippen molar-refractivity contribution < 1.29 is 9.84 Å². The average Bonchev–Trinajstić information content (AvgIpc) is 2.94. The Kier molecular flexibility index (Phi) is 3.48. The molecule has 0 unspecified atom stereocenters. The van der Waals surface area contributed by atoms with Gasteiger partial charge in [-0.1, -0.05) is 30.3 Å². The van der Waals surface area contributed by atoms with E-state index in [1.54, 1.807) is 12.3 Å². The smallest absolute Gasteiger partial charge is 0.351 e. The van der Waals surface area contributed by atoms with Gasteiger partial charge in [0.05, 0.1) is 13.2 Å². The van der Waals surface area contributed by atoms with Crippen molar-refractivity contribution in [1.29, 1.82) is 0 Å². The van der Waals surface area contributed by atoms with Gasteiger partial charge in [0.25, 0.3) is 0 Å². The van der Waals surface area contributed by atoms with Crippen LogP contribution in [0.15, 0.2) is 47.4 Å². The minimum atomic E-state index is -0.493. The number of aliphatic hydroxyl groups is 1. The van der Waals surface area contributed by atoms with E-state index >= 15 is 0 Å². The molecule has 0 saturated carbocycles. The molecule has 0 aliphatic carbocycles. The van der Waals surface area contributed by atoms with Crippen LogP contribution >= 0.6 is 0 Å². The Labute approximate surface area is 121 Å². The van der Waals surface area contributed by atoms with Crippen LogP contribution in [0.3, 0.4) is 0 Å². The molecule has 2 aromatic rings. The van der Waals surface area contributed by atoms with Gasteiger partial charge in [0.2, 0.25) is 0 Å². The summed E-state index contributed by atoms with van der Waals surface area (Å²) in [5, 5.41) is 9.85. The maximum atomic E-state index is 11.9. The SMILES string of the molecule is Nc1ccn([C@@H]2C[C@@](CO)(c3ccccc3)CO2)c(=O)n1. The first-order valence-electron chi connectivity index (χ1n) is 6.77. The van der Waals surface area contributed by atoms with Crippen molar-refractivity contribution in [1.82, 2.24) is 9.55 Å². The lowest BCUT2D eigenvalue weighted by Crippen LogP contribution is -2.32. The average molecular weight is 287 g/mol. The number of anilines is 1. The fourth-order valence-corrected chi connectivity index (χ4v) is 2.73. The number of benzene rings is 1. The molecule has 1 saturated heterocycles. The fraction of sp³-hybridized carbons (Fsp3) is 0.333. The lowest BCUT2D eigenvalue weighted by Gasteiger charge is -2.25. The standard InChI is InChI=1S/C15H17N3O3/c16-12-6-7-18(14(20)17-12)13-8-15(9-19,10-21-13)11-4-2-1-3-5-11/h1-7,13,19H,8-10H2,(H2,16,17,20)/t13-,15-/m0/s1. The summed E-state index contributed by atoms with van der Waals surface area (Å²) in [6.07, 6.45) is 1.64. The number of aromatic nitrogens is 2. The summed E-state index contributed by atoms with van der Waals surface area (Å²) in [6.45, 7) is 0.319.